The number of nitrogens with one attached hydrogen (secondary N) is 1. The van der Waals surface area contributed by atoms with Gasteiger partial charge in [-0.3, -0.25) is 4.79 Å². The van der Waals surface area contributed by atoms with Gasteiger partial charge in [0.15, 0.2) is 0 Å². The summed E-state index contributed by atoms with van der Waals surface area (Å²) in [6.07, 6.45) is -1.67. The van der Waals surface area contributed by atoms with Crippen molar-refractivity contribution >= 4 is 11.9 Å². The topological polar surface area (TPSA) is 133 Å². The van der Waals surface area contributed by atoms with E-state index in [9.17, 15) is 33.0 Å². The average Bonchev–Trinajstić information content (AvgIpc) is 3.44. The first kappa shape index (κ1) is 42.9. The average molecular weight is 796 g/mol. The fourth-order valence-corrected chi connectivity index (χ4v) is 13.3. The van der Waals surface area contributed by atoms with Crippen LogP contribution >= 0.6 is 0 Å². The maximum Gasteiger partial charge on any atom is 0.471 e. The molecule has 1 amide bonds. The number of esters is 1. The molecule has 6 aliphatic rings. The molecule has 316 valence electrons. The molecular weight excluding hydrogens is 733 g/mol. The van der Waals surface area contributed by atoms with Gasteiger partial charge in [-0.15, -0.1) is 0 Å². The van der Waals surface area contributed by atoms with E-state index in [0.717, 1.165) is 19.3 Å². The van der Waals surface area contributed by atoms with E-state index in [1.165, 1.54) is 0 Å². The molecular formula is C40H62F5NO9. The Morgan fingerprint density at radius 3 is 2.07 bits per heavy atom. The van der Waals surface area contributed by atoms with Crippen LogP contribution in [0.4, 0.5) is 22.0 Å². The minimum absolute atomic E-state index is 0.0301. The first-order chi connectivity index (χ1) is 25.3. The lowest BCUT2D eigenvalue weighted by Crippen LogP contribution is -2.64. The molecule has 6 fully saturated rings. The van der Waals surface area contributed by atoms with Gasteiger partial charge in [0.1, 0.15) is 12.7 Å². The molecule has 2 spiro atoms. The maximum atomic E-state index is 15.9. The Bertz CT molecular complexity index is 1460. The SMILES string of the molecule is CC(C)(O)[C@@H]1CC[C@@](C)([C@H]2[C@@H](O)C[C@@]3(C)[C@@H]4C[C@H](OC(=O)COCCOCCOCCNC(=O)C(F)(F)F)[C@H]5C(C)(C)C(F)(F)CC[C@@]56C[C@@]46CC[C@]23C)O1. The Kier molecular flexibility index (Phi) is 11.1. The monoisotopic (exact) mass is 795 g/mol. The van der Waals surface area contributed by atoms with Gasteiger partial charge in [-0.1, -0.05) is 27.7 Å². The fourth-order valence-electron chi connectivity index (χ4n) is 13.3. The van der Waals surface area contributed by atoms with Crippen molar-refractivity contribution in [3.63, 3.8) is 0 Å². The number of rotatable bonds is 14. The Morgan fingerprint density at radius 1 is 0.836 bits per heavy atom. The second-order valence-electron chi connectivity index (χ2n) is 19.4. The maximum absolute atomic E-state index is 15.9. The number of aliphatic hydroxyl groups excluding tert-OH is 1. The van der Waals surface area contributed by atoms with Crippen molar-refractivity contribution in [2.45, 2.75) is 148 Å². The van der Waals surface area contributed by atoms with Crippen molar-refractivity contribution in [1.82, 2.24) is 5.32 Å². The zero-order chi connectivity index (χ0) is 40.7. The Labute approximate surface area is 321 Å². The highest BCUT2D eigenvalue weighted by Crippen LogP contribution is 2.90. The summed E-state index contributed by atoms with van der Waals surface area (Å²) < 4.78 is 97.4. The second kappa shape index (κ2) is 14.3. The van der Waals surface area contributed by atoms with Crippen LogP contribution < -0.4 is 5.32 Å². The molecule has 55 heavy (non-hydrogen) atoms. The number of hydrogen-bond acceptors (Lipinski definition) is 9. The highest BCUT2D eigenvalue weighted by atomic mass is 19.4. The molecule has 1 saturated heterocycles. The van der Waals surface area contributed by atoms with Crippen molar-refractivity contribution in [2.24, 2.45) is 44.8 Å². The summed E-state index contributed by atoms with van der Waals surface area (Å²) >= 11 is 0. The van der Waals surface area contributed by atoms with Crippen molar-refractivity contribution in [3.05, 3.63) is 0 Å². The summed E-state index contributed by atoms with van der Waals surface area (Å²) in [6, 6.07) is 0. The van der Waals surface area contributed by atoms with Crippen LogP contribution in [0.1, 0.15) is 106 Å². The van der Waals surface area contributed by atoms with E-state index in [1.54, 1.807) is 33.0 Å². The molecule has 11 atom stereocenters. The van der Waals surface area contributed by atoms with E-state index in [-0.39, 0.29) is 80.2 Å². The van der Waals surface area contributed by atoms with E-state index in [2.05, 4.69) is 20.8 Å². The third kappa shape index (κ3) is 7.03. The minimum atomic E-state index is -4.95. The van der Waals surface area contributed by atoms with Crippen molar-refractivity contribution in [1.29, 1.82) is 0 Å². The van der Waals surface area contributed by atoms with Gasteiger partial charge in [0.25, 0.3) is 5.92 Å². The van der Waals surface area contributed by atoms with E-state index in [4.69, 9.17) is 23.7 Å². The van der Waals surface area contributed by atoms with Crippen LogP contribution in [-0.4, -0.2) is 110 Å². The van der Waals surface area contributed by atoms with Crippen LogP contribution in [0.5, 0.6) is 0 Å². The number of ether oxygens (including phenoxy) is 5. The summed E-state index contributed by atoms with van der Waals surface area (Å²) in [5.41, 5.74) is -4.39. The lowest BCUT2D eigenvalue weighted by atomic mass is 9.41. The molecule has 15 heteroatoms. The molecule has 10 nitrogen and oxygen atoms in total. The van der Waals surface area contributed by atoms with Crippen molar-refractivity contribution < 1.29 is 65.4 Å². The number of halogens is 5. The molecule has 1 aliphatic heterocycles. The van der Waals surface area contributed by atoms with Gasteiger partial charge in [0.05, 0.1) is 56.4 Å². The summed E-state index contributed by atoms with van der Waals surface area (Å²) in [4.78, 5) is 24.2. The molecule has 1 heterocycles. The highest BCUT2D eigenvalue weighted by molar-refractivity contribution is 5.81. The first-order valence-corrected chi connectivity index (χ1v) is 20.1. The molecule has 3 N–H and O–H groups in total. The van der Waals surface area contributed by atoms with Crippen LogP contribution in [0, 0.1) is 44.8 Å². The third-order valence-electron chi connectivity index (χ3n) is 15.9. The van der Waals surface area contributed by atoms with Gasteiger partial charge >= 0.3 is 18.1 Å². The summed E-state index contributed by atoms with van der Waals surface area (Å²) in [6.45, 7) is 12.9. The predicted molar refractivity (Wildman–Crippen MR) is 189 cm³/mol. The van der Waals surface area contributed by atoms with Crippen LogP contribution in [0.3, 0.4) is 0 Å². The number of aliphatic hydroxyl groups is 2. The normalized spacial score (nSPS) is 42.8. The molecule has 5 saturated carbocycles. The van der Waals surface area contributed by atoms with Crippen molar-refractivity contribution in [3.8, 4) is 0 Å². The lowest BCUT2D eigenvalue weighted by molar-refractivity contribution is -0.252. The Morgan fingerprint density at radius 2 is 1.45 bits per heavy atom. The molecule has 0 bridgehead atoms. The van der Waals surface area contributed by atoms with E-state index in [0.29, 0.717) is 32.1 Å². The van der Waals surface area contributed by atoms with Crippen LogP contribution in [0.25, 0.3) is 0 Å². The van der Waals surface area contributed by atoms with E-state index < -0.39 is 70.7 Å². The predicted octanol–water partition coefficient (Wildman–Crippen LogP) is 5.99. The van der Waals surface area contributed by atoms with Gasteiger partial charge in [-0.2, -0.15) is 13.2 Å². The molecule has 0 unspecified atom stereocenters. The molecule has 0 aromatic rings. The summed E-state index contributed by atoms with van der Waals surface area (Å²) in [5.74, 6) is -6.32. The Balaban J connectivity index is 1.10. The van der Waals surface area contributed by atoms with E-state index >= 15 is 8.78 Å². The minimum Gasteiger partial charge on any atom is -0.460 e. The first-order valence-electron chi connectivity index (χ1n) is 20.1. The smallest absolute Gasteiger partial charge is 0.460 e. The lowest BCUT2D eigenvalue weighted by Gasteiger charge is -2.65. The quantitative estimate of drug-likeness (QED) is 0.110. The van der Waals surface area contributed by atoms with Gasteiger partial charge < -0.3 is 39.2 Å². The van der Waals surface area contributed by atoms with Gasteiger partial charge in [-0.25, -0.2) is 13.6 Å². The number of fused-ring (bicyclic) bond motifs is 2. The number of carbonyl (C=O) groups is 2. The zero-order valence-electron chi connectivity index (χ0n) is 33.4. The molecule has 5 aliphatic carbocycles. The van der Waals surface area contributed by atoms with Crippen LogP contribution in [0.15, 0.2) is 0 Å². The summed E-state index contributed by atoms with van der Waals surface area (Å²) in [7, 11) is 0. The fraction of sp³-hybridized carbons (Fsp3) is 0.950. The number of hydrogen-bond donors (Lipinski definition) is 3. The number of amides is 1. The number of carbonyl (C=O) groups excluding carboxylic acids is 2. The van der Waals surface area contributed by atoms with E-state index in [1.807, 2.05) is 0 Å². The number of alkyl halides is 5. The molecule has 0 radical (unpaired) electrons. The van der Waals surface area contributed by atoms with Gasteiger partial charge in [-0.05, 0) is 99.7 Å². The molecule has 0 aromatic carbocycles. The summed E-state index contributed by atoms with van der Waals surface area (Å²) in [5, 5.41) is 24.5. The van der Waals surface area contributed by atoms with Crippen LogP contribution in [0.2, 0.25) is 0 Å². The van der Waals surface area contributed by atoms with Crippen molar-refractivity contribution in [2.75, 3.05) is 46.2 Å². The van der Waals surface area contributed by atoms with Gasteiger partial charge in [0, 0.05) is 30.2 Å². The third-order valence-corrected chi connectivity index (χ3v) is 15.9. The molecule has 0 aromatic heterocycles. The second-order valence-corrected chi connectivity index (χ2v) is 19.4. The molecule has 6 rings (SSSR count). The van der Waals surface area contributed by atoms with Crippen LogP contribution in [-0.2, 0) is 33.3 Å². The largest absolute Gasteiger partial charge is 0.471 e. The standard InChI is InChI=1S/C40H62F5NO9/c1-32(2)30-25(54-28(48)22-53-19-18-52-17-16-51-15-14-46-31(49)40(43,44)45)20-26-35(6)21-24(47)29(36(7)9-8-27(55-36)33(3,4)50)34(35,5)10-11-37(26)23-38(30,37)12-13-39(32,41)42/h24-27,29-30,47,50H,8-23H2,1-7H3,(H,46,49)/t24-,25-,26-,27-,29-,30-,34+,35-,36-,37-,38+/m0/s1. The van der Waals surface area contributed by atoms with Gasteiger partial charge in [0.2, 0.25) is 0 Å². The zero-order valence-corrected chi connectivity index (χ0v) is 33.4. The Hall–Kier alpha value is -1.65. The highest BCUT2D eigenvalue weighted by Gasteiger charge is 2.86.